The van der Waals surface area contributed by atoms with Crippen LogP contribution in [0.25, 0.3) is 0 Å². The van der Waals surface area contributed by atoms with Gasteiger partial charge in [0.15, 0.2) is 0 Å². The highest BCUT2D eigenvalue weighted by Gasteiger charge is 2.16. The predicted molar refractivity (Wildman–Crippen MR) is 72.3 cm³/mol. The molecule has 1 aromatic rings. The standard InChI is InChI=1S/C12H17ClN2O3/c1-12(2,18-3)6-7-14-11-5-4-9(15(16)17)8-10(11)13/h4-5,8,14H,6-7H2,1-3H3. The van der Waals surface area contributed by atoms with E-state index in [-0.39, 0.29) is 11.3 Å². The van der Waals surface area contributed by atoms with Crippen LogP contribution in [0.3, 0.4) is 0 Å². The Morgan fingerprint density at radius 1 is 1.50 bits per heavy atom. The monoisotopic (exact) mass is 272 g/mol. The maximum Gasteiger partial charge on any atom is 0.271 e. The molecule has 0 atom stereocenters. The summed E-state index contributed by atoms with van der Waals surface area (Å²) in [7, 11) is 1.67. The SMILES string of the molecule is COC(C)(C)CCNc1ccc([N+](=O)[O-])cc1Cl. The third-order valence-corrected chi connectivity index (χ3v) is 3.07. The molecule has 0 aliphatic heterocycles. The van der Waals surface area contributed by atoms with Gasteiger partial charge in [0.1, 0.15) is 0 Å². The highest BCUT2D eigenvalue weighted by molar-refractivity contribution is 6.33. The summed E-state index contributed by atoms with van der Waals surface area (Å²) in [4.78, 5) is 10.1. The van der Waals surface area contributed by atoms with Crippen molar-refractivity contribution in [2.75, 3.05) is 19.0 Å². The Labute approximate surface area is 111 Å². The van der Waals surface area contributed by atoms with Gasteiger partial charge in [0.25, 0.3) is 5.69 Å². The van der Waals surface area contributed by atoms with Gasteiger partial charge in [0, 0.05) is 25.8 Å². The molecule has 0 heterocycles. The quantitative estimate of drug-likeness (QED) is 0.636. The van der Waals surface area contributed by atoms with Gasteiger partial charge < -0.3 is 10.1 Å². The van der Waals surface area contributed by atoms with Crippen molar-refractivity contribution in [3.05, 3.63) is 33.3 Å². The fraction of sp³-hybridized carbons (Fsp3) is 0.500. The number of benzene rings is 1. The Hall–Kier alpha value is -1.33. The van der Waals surface area contributed by atoms with Gasteiger partial charge in [0.05, 0.1) is 21.2 Å². The van der Waals surface area contributed by atoms with Crippen LogP contribution < -0.4 is 5.32 Å². The number of nitro benzene ring substituents is 1. The van der Waals surface area contributed by atoms with Crippen LogP contribution in [0.4, 0.5) is 11.4 Å². The molecule has 18 heavy (non-hydrogen) atoms. The minimum atomic E-state index is -0.469. The summed E-state index contributed by atoms with van der Waals surface area (Å²) in [5.74, 6) is 0. The summed E-state index contributed by atoms with van der Waals surface area (Å²) < 4.78 is 5.29. The smallest absolute Gasteiger partial charge is 0.271 e. The number of halogens is 1. The first-order valence-corrected chi connectivity index (χ1v) is 5.96. The fourth-order valence-electron chi connectivity index (χ4n) is 1.36. The van der Waals surface area contributed by atoms with Crippen LogP contribution in [0.15, 0.2) is 18.2 Å². The van der Waals surface area contributed by atoms with Crippen molar-refractivity contribution in [1.82, 2.24) is 0 Å². The average Bonchev–Trinajstić information content (AvgIpc) is 2.31. The van der Waals surface area contributed by atoms with Gasteiger partial charge in [-0.25, -0.2) is 0 Å². The molecule has 1 N–H and O–H groups in total. The van der Waals surface area contributed by atoms with Crippen LogP contribution in [0.2, 0.25) is 5.02 Å². The molecule has 100 valence electrons. The van der Waals surface area contributed by atoms with Gasteiger partial charge in [0.2, 0.25) is 0 Å². The second kappa shape index (κ2) is 6.02. The lowest BCUT2D eigenvalue weighted by Gasteiger charge is -2.23. The molecule has 5 nitrogen and oxygen atoms in total. The number of rotatable bonds is 6. The molecule has 0 spiro atoms. The molecule has 0 fully saturated rings. The number of nitro groups is 1. The van der Waals surface area contributed by atoms with Crippen molar-refractivity contribution < 1.29 is 9.66 Å². The van der Waals surface area contributed by atoms with E-state index < -0.39 is 4.92 Å². The Balaban J connectivity index is 2.61. The van der Waals surface area contributed by atoms with Gasteiger partial charge in [-0.15, -0.1) is 0 Å². The molecular formula is C12H17ClN2O3. The van der Waals surface area contributed by atoms with Gasteiger partial charge in [-0.05, 0) is 26.3 Å². The average molecular weight is 273 g/mol. The van der Waals surface area contributed by atoms with Crippen molar-refractivity contribution in [1.29, 1.82) is 0 Å². The molecule has 1 aromatic carbocycles. The highest BCUT2D eigenvalue weighted by Crippen LogP contribution is 2.26. The van der Waals surface area contributed by atoms with Gasteiger partial charge in [-0.2, -0.15) is 0 Å². The number of methoxy groups -OCH3 is 1. The van der Waals surface area contributed by atoms with E-state index in [2.05, 4.69) is 5.32 Å². The Morgan fingerprint density at radius 3 is 2.67 bits per heavy atom. The predicted octanol–water partition coefficient (Wildman–Crippen LogP) is 3.48. The van der Waals surface area contributed by atoms with E-state index in [4.69, 9.17) is 16.3 Å². The molecule has 0 aromatic heterocycles. The van der Waals surface area contributed by atoms with Gasteiger partial charge in [-0.1, -0.05) is 11.6 Å². The van der Waals surface area contributed by atoms with Crippen molar-refractivity contribution in [3.8, 4) is 0 Å². The number of hydrogen-bond donors (Lipinski definition) is 1. The van der Waals surface area contributed by atoms with E-state index >= 15 is 0 Å². The van der Waals surface area contributed by atoms with E-state index in [0.29, 0.717) is 17.3 Å². The van der Waals surface area contributed by atoms with Crippen molar-refractivity contribution in [2.45, 2.75) is 25.9 Å². The van der Waals surface area contributed by atoms with Crippen molar-refractivity contribution in [3.63, 3.8) is 0 Å². The van der Waals surface area contributed by atoms with Gasteiger partial charge in [-0.3, -0.25) is 10.1 Å². The molecule has 0 saturated heterocycles. The first-order chi connectivity index (χ1) is 8.35. The molecule has 0 saturated carbocycles. The zero-order chi connectivity index (χ0) is 13.8. The van der Waals surface area contributed by atoms with Crippen LogP contribution in [0.1, 0.15) is 20.3 Å². The summed E-state index contributed by atoms with van der Waals surface area (Å²) in [5.41, 5.74) is 0.470. The normalized spacial score (nSPS) is 11.3. The molecule has 0 amide bonds. The van der Waals surface area contributed by atoms with Crippen LogP contribution in [-0.2, 0) is 4.74 Å². The zero-order valence-corrected chi connectivity index (χ0v) is 11.5. The van der Waals surface area contributed by atoms with Crippen LogP contribution in [-0.4, -0.2) is 24.2 Å². The molecule has 0 aliphatic carbocycles. The lowest BCUT2D eigenvalue weighted by atomic mass is 10.1. The van der Waals surface area contributed by atoms with Gasteiger partial charge >= 0.3 is 0 Å². The lowest BCUT2D eigenvalue weighted by Crippen LogP contribution is -2.25. The summed E-state index contributed by atoms with van der Waals surface area (Å²) in [5, 5.41) is 14.0. The molecule has 0 radical (unpaired) electrons. The topological polar surface area (TPSA) is 64.4 Å². The molecule has 6 heteroatoms. The van der Waals surface area contributed by atoms with Crippen LogP contribution in [0.5, 0.6) is 0 Å². The first kappa shape index (κ1) is 14.7. The maximum atomic E-state index is 10.6. The Morgan fingerprint density at radius 2 is 2.17 bits per heavy atom. The summed E-state index contributed by atoms with van der Waals surface area (Å²) in [6.45, 7) is 4.66. The third kappa shape index (κ3) is 4.16. The van der Waals surface area contributed by atoms with E-state index in [0.717, 1.165) is 6.42 Å². The Bertz CT molecular complexity index is 435. The minimum absolute atomic E-state index is 0.0113. The second-order valence-electron chi connectivity index (χ2n) is 4.56. The van der Waals surface area contributed by atoms with Crippen molar-refractivity contribution >= 4 is 23.0 Å². The number of nitrogens with zero attached hydrogens (tertiary/aromatic N) is 1. The van der Waals surface area contributed by atoms with Crippen LogP contribution in [0, 0.1) is 10.1 Å². The molecular weight excluding hydrogens is 256 g/mol. The number of nitrogens with one attached hydrogen (secondary N) is 1. The fourth-order valence-corrected chi connectivity index (χ4v) is 1.60. The molecule has 1 rings (SSSR count). The number of anilines is 1. The lowest BCUT2D eigenvalue weighted by molar-refractivity contribution is -0.384. The van der Waals surface area contributed by atoms with E-state index in [1.165, 1.54) is 12.1 Å². The zero-order valence-electron chi connectivity index (χ0n) is 10.7. The summed E-state index contributed by atoms with van der Waals surface area (Å²) in [6, 6.07) is 4.38. The number of hydrogen-bond acceptors (Lipinski definition) is 4. The minimum Gasteiger partial charge on any atom is -0.384 e. The maximum absolute atomic E-state index is 10.6. The molecule has 0 bridgehead atoms. The van der Waals surface area contributed by atoms with E-state index in [1.807, 2.05) is 13.8 Å². The van der Waals surface area contributed by atoms with Crippen LogP contribution >= 0.6 is 11.6 Å². The number of ether oxygens (including phenoxy) is 1. The molecule has 0 unspecified atom stereocenters. The molecule has 0 aliphatic rings. The summed E-state index contributed by atoms with van der Waals surface area (Å²) >= 11 is 5.96. The third-order valence-electron chi connectivity index (χ3n) is 2.76. The van der Waals surface area contributed by atoms with E-state index in [9.17, 15) is 10.1 Å². The van der Waals surface area contributed by atoms with E-state index in [1.54, 1.807) is 13.2 Å². The second-order valence-corrected chi connectivity index (χ2v) is 4.97. The summed E-state index contributed by atoms with van der Waals surface area (Å²) in [6.07, 6.45) is 0.802. The first-order valence-electron chi connectivity index (χ1n) is 5.59. The number of non-ortho nitro benzene ring substituents is 1. The Kier molecular flexibility index (Phi) is 4.93. The highest BCUT2D eigenvalue weighted by atomic mass is 35.5. The largest absolute Gasteiger partial charge is 0.384 e. The van der Waals surface area contributed by atoms with Crippen molar-refractivity contribution in [2.24, 2.45) is 0 Å².